The van der Waals surface area contributed by atoms with E-state index in [9.17, 15) is 4.79 Å². The molecule has 6 nitrogen and oxygen atoms in total. The lowest BCUT2D eigenvalue weighted by atomic mass is 9.88. The van der Waals surface area contributed by atoms with Gasteiger partial charge in [0.2, 0.25) is 5.71 Å². The van der Waals surface area contributed by atoms with Gasteiger partial charge in [-0.15, -0.1) is 0 Å². The molecule has 0 saturated heterocycles. The largest absolute Gasteiger partial charge is 0.359 e. The van der Waals surface area contributed by atoms with Crippen molar-refractivity contribution in [1.29, 1.82) is 5.26 Å². The number of anilines is 1. The van der Waals surface area contributed by atoms with Gasteiger partial charge in [0.15, 0.2) is 11.6 Å². The second-order valence-corrected chi connectivity index (χ2v) is 6.59. The van der Waals surface area contributed by atoms with E-state index in [1.807, 2.05) is 20.8 Å². The molecule has 0 spiro atoms. The van der Waals surface area contributed by atoms with Crippen LogP contribution in [0.4, 0.5) is 5.82 Å². The first-order valence-electron chi connectivity index (χ1n) is 6.31. The van der Waals surface area contributed by atoms with E-state index in [4.69, 9.17) is 9.78 Å². The second kappa shape index (κ2) is 5.45. The molecule has 0 aromatic carbocycles. The molecule has 0 aliphatic carbocycles. The van der Waals surface area contributed by atoms with Gasteiger partial charge >= 0.3 is 0 Å². The van der Waals surface area contributed by atoms with E-state index in [2.05, 4.69) is 15.7 Å². The van der Waals surface area contributed by atoms with E-state index >= 15 is 0 Å². The van der Waals surface area contributed by atoms with Crippen molar-refractivity contribution < 1.29 is 9.32 Å². The molecule has 0 atom stereocenters. The van der Waals surface area contributed by atoms with Crippen molar-refractivity contribution in [3.05, 3.63) is 11.8 Å². The summed E-state index contributed by atoms with van der Waals surface area (Å²) in [6.45, 7) is 11.2. The maximum Gasteiger partial charge on any atom is 0.204 e. The zero-order chi connectivity index (χ0) is 15.6. The van der Waals surface area contributed by atoms with E-state index < -0.39 is 5.41 Å². The van der Waals surface area contributed by atoms with Crippen molar-refractivity contribution in [3.63, 3.8) is 0 Å². The number of nitrogens with one attached hydrogen (secondary N) is 1. The Bertz CT molecular complexity index is 565. The molecule has 0 amide bonds. The molecule has 1 rings (SSSR count). The van der Waals surface area contributed by atoms with Crippen LogP contribution in [0.5, 0.6) is 0 Å². The predicted molar refractivity (Wildman–Crippen MR) is 76.3 cm³/mol. The number of hydrogen-bond acceptors (Lipinski definition) is 6. The minimum atomic E-state index is -0.656. The second-order valence-electron chi connectivity index (χ2n) is 6.59. The number of rotatable bonds is 3. The van der Waals surface area contributed by atoms with E-state index in [0.717, 1.165) is 0 Å². The standard InChI is InChI=1S/C14H20N4O2/c1-13(2,3)10-7-11(18-20-10)17-16-9(8-15)12(19)14(4,5)6/h7H,1-6H3,(H,17,18)/b16-9-. The normalized spacial score (nSPS) is 12.9. The predicted octanol–water partition coefficient (Wildman–Crippen LogP) is 2.88. The summed E-state index contributed by atoms with van der Waals surface area (Å²) in [7, 11) is 0. The molecule has 1 N–H and O–H groups in total. The molecular weight excluding hydrogens is 256 g/mol. The van der Waals surface area contributed by atoms with Gasteiger partial charge in [-0.3, -0.25) is 10.2 Å². The molecular formula is C14H20N4O2. The number of ketones is 1. The molecule has 0 saturated carbocycles. The van der Waals surface area contributed by atoms with Crippen LogP contribution in [0, 0.1) is 16.7 Å². The van der Waals surface area contributed by atoms with Crippen molar-refractivity contribution >= 4 is 17.3 Å². The van der Waals surface area contributed by atoms with Crippen molar-refractivity contribution in [3.8, 4) is 6.07 Å². The van der Waals surface area contributed by atoms with E-state index in [1.54, 1.807) is 32.9 Å². The first kappa shape index (κ1) is 15.9. The van der Waals surface area contributed by atoms with Gasteiger partial charge in [0, 0.05) is 16.9 Å². The van der Waals surface area contributed by atoms with Crippen molar-refractivity contribution in [2.45, 2.75) is 47.0 Å². The number of carbonyl (C=O) groups excluding carboxylic acids is 1. The quantitative estimate of drug-likeness (QED) is 0.677. The lowest BCUT2D eigenvalue weighted by molar-refractivity contribution is -0.119. The average Bonchev–Trinajstić information content (AvgIpc) is 2.76. The number of nitriles is 1. The van der Waals surface area contributed by atoms with Crippen LogP contribution in [0.2, 0.25) is 0 Å². The Morgan fingerprint density at radius 3 is 2.35 bits per heavy atom. The Balaban J connectivity index is 2.89. The summed E-state index contributed by atoms with van der Waals surface area (Å²) < 4.78 is 5.17. The van der Waals surface area contributed by atoms with Crippen LogP contribution in [0.25, 0.3) is 0 Å². The fraction of sp³-hybridized carbons (Fsp3) is 0.571. The van der Waals surface area contributed by atoms with Crippen LogP contribution < -0.4 is 5.43 Å². The van der Waals surface area contributed by atoms with Gasteiger partial charge in [0.1, 0.15) is 11.8 Å². The summed E-state index contributed by atoms with van der Waals surface area (Å²) in [5.41, 5.74) is 1.57. The zero-order valence-electron chi connectivity index (χ0n) is 12.7. The molecule has 1 aromatic rings. The Hall–Kier alpha value is -2.16. The monoisotopic (exact) mass is 276 g/mol. The average molecular weight is 276 g/mol. The van der Waals surface area contributed by atoms with Gasteiger partial charge in [-0.2, -0.15) is 10.4 Å². The third kappa shape index (κ3) is 3.92. The first-order chi connectivity index (χ1) is 9.05. The SMILES string of the molecule is CC(C)(C)C(=O)/C(C#N)=N\Nc1cc(C(C)(C)C)on1. The van der Waals surface area contributed by atoms with E-state index in [1.165, 1.54) is 0 Å². The third-order valence-electron chi connectivity index (χ3n) is 2.53. The molecule has 0 bridgehead atoms. The summed E-state index contributed by atoms with van der Waals surface area (Å²) in [5.74, 6) is 0.729. The highest BCUT2D eigenvalue weighted by Gasteiger charge is 2.26. The van der Waals surface area contributed by atoms with Crippen molar-refractivity contribution in [2.75, 3.05) is 5.43 Å². The Morgan fingerprint density at radius 2 is 1.95 bits per heavy atom. The van der Waals surface area contributed by atoms with E-state index in [0.29, 0.717) is 11.6 Å². The topological polar surface area (TPSA) is 91.3 Å². The number of hydrazone groups is 1. The minimum Gasteiger partial charge on any atom is -0.359 e. The number of hydrogen-bond donors (Lipinski definition) is 1. The Morgan fingerprint density at radius 1 is 1.35 bits per heavy atom. The van der Waals surface area contributed by atoms with Crippen LogP contribution >= 0.6 is 0 Å². The van der Waals surface area contributed by atoms with Crippen molar-refractivity contribution in [2.24, 2.45) is 10.5 Å². The summed E-state index contributed by atoms with van der Waals surface area (Å²) in [6.07, 6.45) is 0. The molecule has 0 aliphatic heterocycles. The van der Waals surface area contributed by atoms with Gasteiger partial charge in [0.25, 0.3) is 0 Å². The lowest BCUT2D eigenvalue weighted by Gasteiger charge is -2.14. The summed E-state index contributed by atoms with van der Waals surface area (Å²) >= 11 is 0. The van der Waals surface area contributed by atoms with E-state index in [-0.39, 0.29) is 16.9 Å². The fourth-order valence-electron chi connectivity index (χ4n) is 1.28. The highest BCUT2D eigenvalue weighted by molar-refractivity contribution is 6.47. The van der Waals surface area contributed by atoms with Crippen LogP contribution in [0.15, 0.2) is 15.7 Å². The molecule has 108 valence electrons. The maximum absolute atomic E-state index is 11.9. The van der Waals surface area contributed by atoms with Gasteiger partial charge in [0.05, 0.1) is 0 Å². The molecule has 20 heavy (non-hydrogen) atoms. The highest BCUT2D eigenvalue weighted by atomic mass is 16.5. The van der Waals surface area contributed by atoms with Crippen LogP contribution in [-0.4, -0.2) is 16.7 Å². The summed E-state index contributed by atoms with van der Waals surface area (Å²) in [4.78, 5) is 11.9. The number of carbonyl (C=O) groups is 1. The molecule has 6 heteroatoms. The number of aromatic nitrogens is 1. The Kier molecular flexibility index (Phi) is 4.33. The van der Waals surface area contributed by atoms with Crippen molar-refractivity contribution in [1.82, 2.24) is 5.16 Å². The number of nitrogens with zero attached hydrogens (tertiary/aromatic N) is 3. The Labute approximate surface area is 118 Å². The number of Topliss-reactive ketones (excluding diaryl/α,β-unsaturated/α-hetero) is 1. The van der Waals surface area contributed by atoms with Gasteiger partial charge < -0.3 is 4.52 Å². The molecule has 1 heterocycles. The van der Waals surface area contributed by atoms with Gasteiger partial charge in [-0.05, 0) is 0 Å². The molecule has 1 aromatic heterocycles. The molecule has 0 unspecified atom stereocenters. The molecule has 0 fully saturated rings. The highest BCUT2D eigenvalue weighted by Crippen LogP contribution is 2.24. The summed E-state index contributed by atoms with van der Waals surface area (Å²) in [6, 6.07) is 3.49. The molecule has 0 aliphatic rings. The third-order valence-corrected chi connectivity index (χ3v) is 2.53. The van der Waals surface area contributed by atoms with Crippen LogP contribution in [0.3, 0.4) is 0 Å². The van der Waals surface area contributed by atoms with Gasteiger partial charge in [-0.25, -0.2) is 0 Å². The zero-order valence-corrected chi connectivity index (χ0v) is 12.7. The van der Waals surface area contributed by atoms with Crippen LogP contribution in [-0.2, 0) is 10.2 Å². The smallest absolute Gasteiger partial charge is 0.204 e. The lowest BCUT2D eigenvalue weighted by Crippen LogP contribution is -2.28. The minimum absolute atomic E-state index is 0.171. The fourth-order valence-corrected chi connectivity index (χ4v) is 1.28. The first-order valence-corrected chi connectivity index (χ1v) is 6.31. The summed E-state index contributed by atoms with van der Waals surface area (Å²) in [5, 5.41) is 16.6. The van der Waals surface area contributed by atoms with Gasteiger partial charge in [-0.1, -0.05) is 46.7 Å². The molecule has 0 radical (unpaired) electrons. The van der Waals surface area contributed by atoms with Crippen LogP contribution in [0.1, 0.15) is 47.3 Å². The maximum atomic E-state index is 11.9.